The molecule has 1 heterocycles. The molecular weight excluding hydrogens is 375 g/mol. The van der Waals surface area contributed by atoms with Gasteiger partial charge in [0, 0.05) is 18.9 Å². The number of halogens is 2. The number of hydrogen-bond acceptors (Lipinski definition) is 4. The number of amides is 2. The molecule has 0 aliphatic carbocycles. The fourth-order valence-corrected chi connectivity index (χ4v) is 2.53. The predicted molar refractivity (Wildman–Crippen MR) is 104 cm³/mol. The first-order valence-electron chi connectivity index (χ1n) is 8.02. The molecule has 0 atom stereocenters. The highest BCUT2D eigenvalue weighted by Crippen LogP contribution is 2.29. The fourth-order valence-electron chi connectivity index (χ4n) is 2.18. The van der Waals surface area contributed by atoms with E-state index in [1.165, 1.54) is 18.5 Å². The van der Waals surface area contributed by atoms with Gasteiger partial charge in [-0.1, -0.05) is 29.3 Å². The summed E-state index contributed by atoms with van der Waals surface area (Å²) in [4.78, 5) is 30.6. The van der Waals surface area contributed by atoms with Crippen LogP contribution < -0.4 is 10.6 Å². The number of carbonyl (C=O) groups is 2. The van der Waals surface area contributed by atoms with E-state index in [0.717, 1.165) is 13.0 Å². The van der Waals surface area contributed by atoms with Crippen molar-refractivity contribution in [2.45, 2.75) is 6.42 Å². The average molecular weight is 395 g/mol. The Kier molecular flexibility index (Phi) is 7.38. The molecule has 0 radical (unpaired) electrons. The van der Waals surface area contributed by atoms with Gasteiger partial charge in [-0.3, -0.25) is 14.6 Å². The van der Waals surface area contributed by atoms with E-state index in [4.69, 9.17) is 23.2 Å². The van der Waals surface area contributed by atoms with Crippen LogP contribution in [0.1, 0.15) is 27.1 Å². The highest BCUT2D eigenvalue weighted by molar-refractivity contribution is 6.44. The Balaban J connectivity index is 2.02. The Morgan fingerprint density at radius 3 is 2.50 bits per heavy atom. The van der Waals surface area contributed by atoms with Gasteiger partial charge in [-0.15, -0.1) is 0 Å². The van der Waals surface area contributed by atoms with Crippen molar-refractivity contribution in [2.75, 3.05) is 32.5 Å². The number of benzene rings is 1. The van der Waals surface area contributed by atoms with Crippen LogP contribution in [-0.2, 0) is 0 Å². The van der Waals surface area contributed by atoms with E-state index < -0.39 is 5.91 Å². The van der Waals surface area contributed by atoms with Crippen LogP contribution in [0.25, 0.3) is 0 Å². The second-order valence-electron chi connectivity index (χ2n) is 5.93. The standard InChI is InChI=1S/C18H20Cl2N4O2/c1-24(2)8-4-7-22-17(25)12-9-13(11-21-10-12)18(26)23-15-6-3-5-14(19)16(15)20/h3,5-6,9-11H,4,7-8H2,1-2H3,(H,22,25)(H,23,26). The van der Waals surface area contributed by atoms with Gasteiger partial charge in [0.25, 0.3) is 11.8 Å². The summed E-state index contributed by atoms with van der Waals surface area (Å²) in [7, 11) is 3.94. The van der Waals surface area contributed by atoms with Gasteiger partial charge in [0.2, 0.25) is 0 Å². The lowest BCUT2D eigenvalue weighted by Crippen LogP contribution is -2.27. The molecule has 0 spiro atoms. The first-order chi connectivity index (χ1) is 12.4. The molecule has 6 nitrogen and oxygen atoms in total. The van der Waals surface area contributed by atoms with Crippen molar-refractivity contribution in [3.8, 4) is 0 Å². The summed E-state index contributed by atoms with van der Waals surface area (Å²) in [5.41, 5.74) is 0.962. The van der Waals surface area contributed by atoms with Gasteiger partial charge in [-0.2, -0.15) is 0 Å². The fraction of sp³-hybridized carbons (Fsp3) is 0.278. The molecule has 2 N–H and O–H groups in total. The molecule has 0 saturated carbocycles. The quantitative estimate of drug-likeness (QED) is 0.706. The number of pyridine rings is 1. The lowest BCUT2D eigenvalue weighted by molar-refractivity contribution is 0.0952. The predicted octanol–water partition coefficient (Wildman–Crippen LogP) is 3.32. The van der Waals surface area contributed by atoms with Crippen molar-refractivity contribution in [1.82, 2.24) is 15.2 Å². The summed E-state index contributed by atoms with van der Waals surface area (Å²) in [6, 6.07) is 6.44. The van der Waals surface area contributed by atoms with E-state index in [1.54, 1.807) is 18.2 Å². The number of hydrogen-bond donors (Lipinski definition) is 2. The maximum atomic E-state index is 12.4. The summed E-state index contributed by atoms with van der Waals surface area (Å²) in [5.74, 6) is -0.699. The Morgan fingerprint density at radius 1 is 1.12 bits per heavy atom. The summed E-state index contributed by atoms with van der Waals surface area (Å²) < 4.78 is 0. The molecule has 0 saturated heterocycles. The first-order valence-corrected chi connectivity index (χ1v) is 8.77. The third-order valence-electron chi connectivity index (χ3n) is 3.53. The monoisotopic (exact) mass is 394 g/mol. The number of rotatable bonds is 7. The maximum absolute atomic E-state index is 12.4. The molecule has 0 bridgehead atoms. The molecule has 26 heavy (non-hydrogen) atoms. The molecule has 1 aromatic carbocycles. The van der Waals surface area contributed by atoms with Crippen LogP contribution in [0.15, 0.2) is 36.7 Å². The third kappa shape index (κ3) is 5.69. The number of anilines is 1. The van der Waals surface area contributed by atoms with E-state index >= 15 is 0 Å². The molecule has 0 fully saturated rings. The van der Waals surface area contributed by atoms with Crippen molar-refractivity contribution in [1.29, 1.82) is 0 Å². The van der Waals surface area contributed by atoms with Gasteiger partial charge in [0.15, 0.2) is 0 Å². The van der Waals surface area contributed by atoms with Crippen LogP contribution in [0.3, 0.4) is 0 Å². The topological polar surface area (TPSA) is 74.3 Å². The highest BCUT2D eigenvalue weighted by Gasteiger charge is 2.13. The Morgan fingerprint density at radius 2 is 1.81 bits per heavy atom. The third-order valence-corrected chi connectivity index (χ3v) is 4.35. The number of carbonyl (C=O) groups excluding carboxylic acids is 2. The van der Waals surface area contributed by atoms with Crippen LogP contribution >= 0.6 is 23.2 Å². The zero-order valence-electron chi connectivity index (χ0n) is 14.6. The molecule has 138 valence electrons. The van der Waals surface area contributed by atoms with E-state index in [9.17, 15) is 9.59 Å². The minimum absolute atomic E-state index is 0.252. The van der Waals surface area contributed by atoms with Gasteiger partial charge in [0.1, 0.15) is 0 Å². The normalized spacial score (nSPS) is 10.7. The second-order valence-corrected chi connectivity index (χ2v) is 6.72. The Hall–Kier alpha value is -2.15. The van der Waals surface area contributed by atoms with Crippen LogP contribution in [0.2, 0.25) is 10.0 Å². The SMILES string of the molecule is CN(C)CCCNC(=O)c1cncc(C(=O)Nc2cccc(Cl)c2Cl)c1. The van der Waals surface area contributed by atoms with Crippen molar-refractivity contribution in [3.05, 3.63) is 57.8 Å². The molecule has 0 unspecified atom stereocenters. The van der Waals surface area contributed by atoms with Crippen molar-refractivity contribution < 1.29 is 9.59 Å². The van der Waals surface area contributed by atoms with Crippen molar-refractivity contribution in [3.63, 3.8) is 0 Å². The zero-order chi connectivity index (χ0) is 19.1. The minimum Gasteiger partial charge on any atom is -0.352 e. The first kappa shape index (κ1) is 20.2. The van der Waals surface area contributed by atoms with E-state index in [-0.39, 0.29) is 16.5 Å². The second kappa shape index (κ2) is 9.52. The van der Waals surface area contributed by atoms with Gasteiger partial charge in [-0.05, 0) is 45.3 Å². The highest BCUT2D eigenvalue weighted by atomic mass is 35.5. The molecule has 0 aliphatic heterocycles. The van der Waals surface area contributed by atoms with E-state index in [2.05, 4.69) is 15.6 Å². The van der Waals surface area contributed by atoms with Gasteiger partial charge >= 0.3 is 0 Å². The molecule has 0 aliphatic rings. The molecule has 2 amide bonds. The number of aromatic nitrogens is 1. The van der Waals surface area contributed by atoms with E-state index in [0.29, 0.717) is 22.8 Å². The zero-order valence-corrected chi connectivity index (χ0v) is 16.1. The smallest absolute Gasteiger partial charge is 0.257 e. The maximum Gasteiger partial charge on any atom is 0.257 e. The molecule has 2 rings (SSSR count). The number of nitrogens with zero attached hydrogens (tertiary/aromatic N) is 2. The van der Waals surface area contributed by atoms with Gasteiger partial charge in [0.05, 0.1) is 26.9 Å². The summed E-state index contributed by atoms with van der Waals surface area (Å²) in [6.07, 6.45) is 3.64. The van der Waals surface area contributed by atoms with Gasteiger partial charge < -0.3 is 15.5 Å². The lowest BCUT2D eigenvalue weighted by atomic mass is 10.1. The van der Waals surface area contributed by atoms with Crippen molar-refractivity contribution in [2.24, 2.45) is 0 Å². The summed E-state index contributed by atoms with van der Waals surface area (Å²) >= 11 is 12.0. The molecule has 1 aromatic heterocycles. The Bertz CT molecular complexity index is 797. The Labute approximate surface area is 162 Å². The largest absolute Gasteiger partial charge is 0.352 e. The average Bonchev–Trinajstić information content (AvgIpc) is 2.62. The van der Waals surface area contributed by atoms with Crippen LogP contribution in [0, 0.1) is 0 Å². The molecule has 8 heteroatoms. The lowest BCUT2D eigenvalue weighted by Gasteiger charge is -2.11. The van der Waals surface area contributed by atoms with Crippen LogP contribution in [0.4, 0.5) is 5.69 Å². The number of nitrogens with one attached hydrogen (secondary N) is 2. The summed E-state index contributed by atoms with van der Waals surface area (Å²) in [5, 5.41) is 6.07. The van der Waals surface area contributed by atoms with E-state index in [1.807, 2.05) is 19.0 Å². The minimum atomic E-state index is -0.427. The van der Waals surface area contributed by atoms with Crippen LogP contribution in [0.5, 0.6) is 0 Å². The molecular formula is C18H20Cl2N4O2. The molecule has 2 aromatic rings. The van der Waals surface area contributed by atoms with Crippen LogP contribution in [-0.4, -0.2) is 48.9 Å². The van der Waals surface area contributed by atoms with Crippen molar-refractivity contribution >= 4 is 40.7 Å². The van der Waals surface area contributed by atoms with Gasteiger partial charge in [-0.25, -0.2) is 0 Å². The summed E-state index contributed by atoms with van der Waals surface area (Å²) in [6.45, 7) is 1.42.